The molecule has 0 saturated carbocycles. The average Bonchev–Trinajstić information content (AvgIpc) is 3.28. The number of aromatic nitrogens is 1. The van der Waals surface area contributed by atoms with Gasteiger partial charge in [-0.15, -0.1) is 0 Å². The number of amides is 1. The van der Waals surface area contributed by atoms with Gasteiger partial charge in [-0.25, -0.2) is 0 Å². The van der Waals surface area contributed by atoms with Crippen LogP contribution in [0.2, 0.25) is 0 Å². The van der Waals surface area contributed by atoms with Crippen LogP contribution in [0, 0.1) is 6.92 Å². The van der Waals surface area contributed by atoms with Crippen LogP contribution in [0.1, 0.15) is 21.7 Å². The fraction of sp³-hybridized carbons (Fsp3) is 0.261. The van der Waals surface area contributed by atoms with Gasteiger partial charge in [0.15, 0.2) is 0 Å². The SMILES string of the molecule is COC(=O)CN(Cc1cc(OC)cc(OC)c1)C(=O)c1cc(-c2ccc(C)cc2)no1. The van der Waals surface area contributed by atoms with E-state index in [1.54, 1.807) is 24.3 Å². The lowest BCUT2D eigenvalue weighted by atomic mass is 10.1. The number of carbonyl (C=O) groups excluding carboxylic acids is 2. The van der Waals surface area contributed by atoms with E-state index in [0.29, 0.717) is 22.8 Å². The van der Waals surface area contributed by atoms with Gasteiger partial charge in [-0.05, 0) is 24.6 Å². The molecule has 3 aromatic rings. The molecule has 0 bridgehead atoms. The summed E-state index contributed by atoms with van der Waals surface area (Å²) in [6.07, 6.45) is 0. The number of aryl methyl sites for hydroxylation is 1. The Labute approximate surface area is 180 Å². The normalized spacial score (nSPS) is 10.5. The van der Waals surface area contributed by atoms with Crippen molar-refractivity contribution in [3.63, 3.8) is 0 Å². The predicted molar refractivity (Wildman–Crippen MR) is 113 cm³/mol. The van der Waals surface area contributed by atoms with Gasteiger partial charge in [0.2, 0.25) is 5.76 Å². The lowest BCUT2D eigenvalue weighted by Gasteiger charge is -2.21. The number of esters is 1. The molecule has 0 spiro atoms. The molecule has 0 aliphatic carbocycles. The zero-order valence-electron chi connectivity index (χ0n) is 17.9. The van der Waals surface area contributed by atoms with Crippen LogP contribution in [0.4, 0.5) is 0 Å². The van der Waals surface area contributed by atoms with E-state index in [2.05, 4.69) is 5.16 Å². The van der Waals surface area contributed by atoms with Crippen LogP contribution in [0.3, 0.4) is 0 Å². The summed E-state index contributed by atoms with van der Waals surface area (Å²) < 4.78 is 20.6. The maximum Gasteiger partial charge on any atom is 0.325 e. The molecule has 1 heterocycles. The van der Waals surface area contributed by atoms with Crippen molar-refractivity contribution in [1.82, 2.24) is 10.1 Å². The van der Waals surface area contributed by atoms with Gasteiger partial charge in [0.05, 0.1) is 21.3 Å². The van der Waals surface area contributed by atoms with Gasteiger partial charge in [0.25, 0.3) is 5.91 Å². The molecule has 0 aliphatic rings. The predicted octanol–water partition coefficient (Wildman–Crippen LogP) is 3.48. The zero-order chi connectivity index (χ0) is 22.4. The minimum absolute atomic E-state index is 0.0225. The van der Waals surface area contributed by atoms with Crippen LogP contribution >= 0.6 is 0 Å². The monoisotopic (exact) mass is 424 g/mol. The standard InChI is InChI=1S/C23H24N2O6/c1-15-5-7-17(8-6-15)20-12-21(31-24-20)23(27)25(14-22(26)30-4)13-16-9-18(28-2)11-19(10-16)29-3/h5-12H,13-14H2,1-4H3. The number of benzene rings is 2. The summed E-state index contributed by atoms with van der Waals surface area (Å²) in [4.78, 5) is 26.4. The second-order valence-corrected chi connectivity index (χ2v) is 6.90. The van der Waals surface area contributed by atoms with E-state index in [9.17, 15) is 9.59 Å². The molecule has 162 valence electrons. The van der Waals surface area contributed by atoms with Crippen molar-refractivity contribution >= 4 is 11.9 Å². The van der Waals surface area contributed by atoms with E-state index in [0.717, 1.165) is 11.1 Å². The number of hydrogen-bond donors (Lipinski definition) is 0. The van der Waals surface area contributed by atoms with Gasteiger partial charge in [-0.1, -0.05) is 35.0 Å². The maximum absolute atomic E-state index is 13.1. The molecule has 0 N–H and O–H groups in total. The van der Waals surface area contributed by atoms with Gasteiger partial charge in [-0.3, -0.25) is 9.59 Å². The maximum atomic E-state index is 13.1. The molecule has 3 rings (SSSR count). The van der Waals surface area contributed by atoms with Gasteiger partial charge in [-0.2, -0.15) is 0 Å². The van der Waals surface area contributed by atoms with E-state index < -0.39 is 11.9 Å². The van der Waals surface area contributed by atoms with Gasteiger partial charge >= 0.3 is 5.97 Å². The minimum Gasteiger partial charge on any atom is -0.497 e. The molecule has 0 saturated heterocycles. The number of hydrogen-bond acceptors (Lipinski definition) is 7. The summed E-state index contributed by atoms with van der Waals surface area (Å²) in [6.45, 7) is 1.84. The van der Waals surface area contributed by atoms with E-state index in [-0.39, 0.29) is 18.8 Å². The van der Waals surface area contributed by atoms with Gasteiger partial charge in [0.1, 0.15) is 23.7 Å². The Kier molecular flexibility index (Phi) is 6.92. The second-order valence-electron chi connectivity index (χ2n) is 6.90. The van der Waals surface area contributed by atoms with Crippen LogP contribution < -0.4 is 9.47 Å². The Hall–Kier alpha value is -3.81. The molecular formula is C23H24N2O6. The van der Waals surface area contributed by atoms with Crippen molar-refractivity contribution < 1.29 is 28.3 Å². The smallest absolute Gasteiger partial charge is 0.325 e. The summed E-state index contributed by atoms with van der Waals surface area (Å²) >= 11 is 0. The highest BCUT2D eigenvalue weighted by molar-refractivity contribution is 5.94. The summed E-state index contributed by atoms with van der Waals surface area (Å²) in [5.74, 6) is 0.121. The Morgan fingerprint density at radius 3 is 2.19 bits per heavy atom. The van der Waals surface area contributed by atoms with Crippen molar-refractivity contribution in [2.75, 3.05) is 27.9 Å². The van der Waals surface area contributed by atoms with Crippen molar-refractivity contribution in [2.24, 2.45) is 0 Å². The van der Waals surface area contributed by atoms with Crippen molar-refractivity contribution in [3.8, 4) is 22.8 Å². The number of nitrogens with zero attached hydrogens (tertiary/aromatic N) is 2. The molecular weight excluding hydrogens is 400 g/mol. The molecule has 31 heavy (non-hydrogen) atoms. The van der Waals surface area contributed by atoms with Crippen LogP contribution in [-0.4, -0.2) is 49.8 Å². The lowest BCUT2D eigenvalue weighted by molar-refractivity contribution is -0.141. The Morgan fingerprint density at radius 1 is 0.968 bits per heavy atom. The Balaban J connectivity index is 1.87. The van der Waals surface area contributed by atoms with Crippen LogP contribution in [0.5, 0.6) is 11.5 Å². The third kappa shape index (κ3) is 5.42. The molecule has 2 aromatic carbocycles. The van der Waals surface area contributed by atoms with Gasteiger partial charge in [0, 0.05) is 24.2 Å². The molecule has 0 atom stereocenters. The van der Waals surface area contributed by atoms with Crippen LogP contribution in [-0.2, 0) is 16.1 Å². The molecule has 1 aromatic heterocycles. The summed E-state index contributed by atoms with van der Waals surface area (Å²) in [5, 5.41) is 4.00. The largest absolute Gasteiger partial charge is 0.497 e. The number of carbonyl (C=O) groups is 2. The number of methoxy groups -OCH3 is 3. The molecule has 8 nitrogen and oxygen atoms in total. The topological polar surface area (TPSA) is 91.1 Å². The second kappa shape index (κ2) is 9.80. The number of ether oxygens (including phenoxy) is 3. The fourth-order valence-corrected chi connectivity index (χ4v) is 2.99. The fourth-order valence-electron chi connectivity index (χ4n) is 2.99. The molecule has 8 heteroatoms. The van der Waals surface area contributed by atoms with Crippen LogP contribution in [0.15, 0.2) is 53.1 Å². The van der Waals surface area contributed by atoms with Crippen molar-refractivity contribution in [2.45, 2.75) is 13.5 Å². The highest BCUT2D eigenvalue weighted by atomic mass is 16.5. The first kappa shape index (κ1) is 21.9. The third-order valence-electron chi connectivity index (χ3n) is 4.69. The molecule has 0 unspecified atom stereocenters. The average molecular weight is 424 g/mol. The third-order valence-corrected chi connectivity index (χ3v) is 4.69. The quantitative estimate of drug-likeness (QED) is 0.511. The number of rotatable bonds is 8. The summed E-state index contributed by atoms with van der Waals surface area (Å²) in [7, 11) is 4.34. The van der Waals surface area contributed by atoms with E-state index in [1.807, 2.05) is 31.2 Å². The van der Waals surface area contributed by atoms with Gasteiger partial charge < -0.3 is 23.6 Å². The van der Waals surface area contributed by atoms with E-state index in [1.165, 1.54) is 26.2 Å². The first-order valence-corrected chi connectivity index (χ1v) is 9.55. The first-order valence-electron chi connectivity index (χ1n) is 9.55. The minimum atomic E-state index is -0.554. The molecule has 1 amide bonds. The zero-order valence-corrected chi connectivity index (χ0v) is 17.9. The van der Waals surface area contributed by atoms with Crippen LogP contribution in [0.25, 0.3) is 11.3 Å². The summed E-state index contributed by atoms with van der Waals surface area (Å²) in [6, 6.07) is 14.5. The Morgan fingerprint density at radius 2 is 1.61 bits per heavy atom. The highest BCUT2D eigenvalue weighted by Crippen LogP contribution is 2.25. The molecule has 0 fully saturated rings. The summed E-state index contributed by atoms with van der Waals surface area (Å²) in [5.41, 5.74) is 3.18. The molecule has 0 aliphatic heterocycles. The van der Waals surface area contributed by atoms with E-state index in [4.69, 9.17) is 18.7 Å². The molecule has 0 radical (unpaired) electrons. The van der Waals surface area contributed by atoms with Crippen molar-refractivity contribution in [1.29, 1.82) is 0 Å². The Bertz CT molecular complexity index is 1040. The highest BCUT2D eigenvalue weighted by Gasteiger charge is 2.24. The van der Waals surface area contributed by atoms with Crippen molar-refractivity contribution in [3.05, 3.63) is 65.4 Å². The lowest BCUT2D eigenvalue weighted by Crippen LogP contribution is -2.35. The van der Waals surface area contributed by atoms with E-state index >= 15 is 0 Å². The first-order chi connectivity index (χ1) is 14.9.